The predicted molar refractivity (Wildman–Crippen MR) is 75.2 cm³/mol. The molecule has 3 nitrogen and oxygen atoms in total. The molecule has 0 radical (unpaired) electrons. The van der Waals surface area contributed by atoms with E-state index in [9.17, 15) is 0 Å². The molecule has 1 aliphatic heterocycles. The Morgan fingerprint density at radius 2 is 2.22 bits per heavy atom. The number of nitrogens with one attached hydrogen (secondary N) is 1. The molecule has 0 aliphatic carbocycles. The van der Waals surface area contributed by atoms with Crippen molar-refractivity contribution in [2.24, 2.45) is 5.92 Å². The molecule has 2 rings (SSSR count). The van der Waals surface area contributed by atoms with E-state index >= 15 is 0 Å². The summed E-state index contributed by atoms with van der Waals surface area (Å²) in [5, 5.41) is 3.36. The van der Waals surface area contributed by atoms with Gasteiger partial charge in [0.2, 0.25) is 0 Å². The summed E-state index contributed by atoms with van der Waals surface area (Å²) >= 11 is 0. The second-order valence-electron chi connectivity index (χ2n) is 5.10. The van der Waals surface area contributed by atoms with Crippen LogP contribution in [0.4, 0.5) is 0 Å². The van der Waals surface area contributed by atoms with Crippen LogP contribution in [0.25, 0.3) is 0 Å². The van der Waals surface area contributed by atoms with Gasteiger partial charge in [-0.3, -0.25) is 0 Å². The number of ether oxygens (including phenoxy) is 1. The van der Waals surface area contributed by atoms with E-state index in [0.717, 1.165) is 45.0 Å². The summed E-state index contributed by atoms with van der Waals surface area (Å²) in [5.74, 6) is 1.69. The van der Waals surface area contributed by atoms with E-state index in [1.165, 1.54) is 5.56 Å². The molecule has 100 valence electrons. The van der Waals surface area contributed by atoms with Crippen molar-refractivity contribution in [3.8, 4) is 5.75 Å². The lowest BCUT2D eigenvalue weighted by molar-refractivity contribution is 0.176. The monoisotopic (exact) mass is 248 g/mol. The molecule has 0 spiro atoms. The summed E-state index contributed by atoms with van der Waals surface area (Å²) in [4.78, 5) is 2.39. The van der Waals surface area contributed by atoms with Gasteiger partial charge in [0.15, 0.2) is 0 Å². The van der Waals surface area contributed by atoms with Crippen LogP contribution in [0.5, 0.6) is 5.75 Å². The van der Waals surface area contributed by atoms with E-state index in [2.05, 4.69) is 42.4 Å². The lowest BCUT2D eigenvalue weighted by atomic mass is 9.96. The molecule has 1 aromatic rings. The van der Waals surface area contributed by atoms with Crippen LogP contribution in [-0.4, -0.2) is 44.7 Å². The van der Waals surface area contributed by atoms with Crippen LogP contribution in [0, 0.1) is 5.92 Å². The van der Waals surface area contributed by atoms with Crippen LogP contribution in [0.1, 0.15) is 12.5 Å². The fourth-order valence-electron chi connectivity index (χ4n) is 2.49. The van der Waals surface area contributed by atoms with Crippen molar-refractivity contribution in [3.63, 3.8) is 0 Å². The van der Waals surface area contributed by atoms with Gasteiger partial charge in [-0.15, -0.1) is 0 Å². The van der Waals surface area contributed by atoms with Crippen molar-refractivity contribution in [2.75, 3.05) is 39.8 Å². The summed E-state index contributed by atoms with van der Waals surface area (Å²) in [6.45, 7) is 7.32. The highest BCUT2D eigenvalue weighted by atomic mass is 16.5. The predicted octanol–water partition coefficient (Wildman–Crippen LogP) is 1.78. The van der Waals surface area contributed by atoms with Crippen LogP contribution in [0.3, 0.4) is 0 Å². The molecule has 18 heavy (non-hydrogen) atoms. The zero-order chi connectivity index (χ0) is 12.8. The lowest BCUT2D eigenvalue weighted by Gasteiger charge is -2.28. The zero-order valence-electron chi connectivity index (χ0n) is 11.5. The molecule has 1 aromatic carbocycles. The van der Waals surface area contributed by atoms with Crippen LogP contribution < -0.4 is 10.1 Å². The van der Waals surface area contributed by atoms with Crippen molar-refractivity contribution in [2.45, 2.75) is 13.3 Å². The van der Waals surface area contributed by atoms with Gasteiger partial charge in [0, 0.05) is 25.6 Å². The number of nitrogens with zero attached hydrogens (tertiary/aromatic N) is 1. The Labute approximate surface area is 110 Å². The Kier molecular flexibility index (Phi) is 5.02. The number of benzene rings is 1. The van der Waals surface area contributed by atoms with Crippen molar-refractivity contribution in [3.05, 3.63) is 29.8 Å². The van der Waals surface area contributed by atoms with Crippen molar-refractivity contribution < 1.29 is 4.74 Å². The zero-order valence-corrected chi connectivity index (χ0v) is 11.5. The maximum atomic E-state index is 5.82. The first-order valence-corrected chi connectivity index (χ1v) is 6.89. The molecule has 1 N–H and O–H groups in total. The second-order valence-corrected chi connectivity index (χ2v) is 5.10. The fraction of sp³-hybridized carbons (Fsp3) is 0.600. The number of rotatable bonds is 6. The summed E-state index contributed by atoms with van der Waals surface area (Å²) in [5.41, 5.74) is 1.36. The highest BCUT2D eigenvalue weighted by Crippen LogP contribution is 2.26. The first kappa shape index (κ1) is 13.4. The van der Waals surface area contributed by atoms with E-state index in [1.807, 2.05) is 6.07 Å². The number of hydrogen-bond acceptors (Lipinski definition) is 3. The van der Waals surface area contributed by atoms with Crippen LogP contribution in [-0.2, 0) is 6.42 Å². The number of hydrogen-bond donors (Lipinski definition) is 1. The molecule has 1 unspecified atom stereocenters. The topological polar surface area (TPSA) is 24.5 Å². The normalized spacial score (nSPS) is 18.5. The quantitative estimate of drug-likeness (QED) is 0.777. The minimum Gasteiger partial charge on any atom is -0.493 e. The Bertz CT molecular complexity index is 367. The molecule has 0 fully saturated rings. The Morgan fingerprint density at radius 3 is 3.06 bits per heavy atom. The Balaban J connectivity index is 1.79. The number of para-hydroxylation sites is 1. The first-order chi connectivity index (χ1) is 8.79. The van der Waals surface area contributed by atoms with Crippen LogP contribution in [0.15, 0.2) is 24.3 Å². The molecule has 1 atom stereocenters. The highest BCUT2D eigenvalue weighted by Gasteiger charge is 2.20. The molecule has 0 aromatic heterocycles. The Morgan fingerprint density at radius 1 is 1.39 bits per heavy atom. The third-order valence-electron chi connectivity index (χ3n) is 3.45. The smallest absolute Gasteiger partial charge is 0.122 e. The van der Waals surface area contributed by atoms with Crippen LogP contribution >= 0.6 is 0 Å². The lowest BCUT2D eigenvalue weighted by Crippen LogP contribution is -2.36. The van der Waals surface area contributed by atoms with E-state index in [4.69, 9.17) is 4.74 Å². The highest BCUT2D eigenvalue weighted by molar-refractivity contribution is 5.35. The number of fused-ring (bicyclic) bond motifs is 1. The maximum absolute atomic E-state index is 5.82. The molecular weight excluding hydrogens is 224 g/mol. The molecule has 0 saturated carbocycles. The van der Waals surface area contributed by atoms with Gasteiger partial charge in [0.05, 0.1) is 6.61 Å². The van der Waals surface area contributed by atoms with Crippen molar-refractivity contribution in [1.29, 1.82) is 0 Å². The SMILES string of the molecule is CCNCCN(C)CC1COc2ccccc2C1. The maximum Gasteiger partial charge on any atom is 0.122 e. The van der Waals surface area contributed by atoms with Crippen molar-refractivity contribution >= 4 is 0 Å². The minimum absolute atomic E-state index is 0.617. The molecule has 0 amide bonds. The summed E-state index contributed by atoms with van der Waals surface area (Å²) in [6, 6.07) is 8.39. The first-order valence-electron chi connectivity index (χ1n) is 6.89. The second kappa shape index (κ2) is 6.76. The van der Waals surface area contributed by atoms with Gasteiger partial charge in [0.1, 0.15) is 5.75 Å². The molecular formula is C15H24N2O. The molecule has 0 saturated heterocycles. The van der Waals surface area contributed by atoms with Crippen LogP contribution in [0.2, 0.25) is 0 Å². The summed E-state index contributed by atoms with van der Waals surface area (Å²) in [7, 11) is 2.19. The number of likely N-dealkylation sites (N-methyl/N-ethyl adjacent to an activating group) is 2. The average Bonchev–Trinajstić information content (AvgIpc) is 2.39. The molecule has 1 aliphatic rings. The largest absolute Gasteiger partial charge is 0.493 e. The van der Waals surface area contributed by atoms with Gasteiger partial charge >= 0.3 is 0 Å². The van der Waals surface area contributed by atoms with E-state index < -0.39 is 0 Å². The van der Waals surface area contributed by atoms with Gasteiger partial charge in [-0.2, -0.15) is 0 Å². The van der Waals surface area contributed by atoms with Crippen molar-refractivity contribution in [1.82, 2.24) is 10.2 Å². The average molecular weight is 248 g/mol. The van der Waals surface area contributed by atoms with Gasteiger partial charge in [-0.1, -0.05) is 25.1 Å². The third-order valence-corrected chi connectivity index (χ3v) is 3.45. The van der Waals surface area contributed by atoms with E-state index in [-0.39, 0.29) is 0 Å². The van der Waals surface area contributed by atoms with E-state index in [0.29, 0.717) is 5.92 Å². The fourth-order valence-corrected chi connectivity index (χ4v) is 2.49. The minimum atomic E-state index is 0.617. The summed E-state index contributed by atoms with van der Waals surface area (Å²) < 4.78 is 5.82. The standard InChI is InChI=1S/C15H24N2O/c1-3-16-8-9-17(2)11-13-10-14-6-4-5-7-15(14)18-12-13/h4-7,13,16H,3,8-12H2,1-2H3. The van der Waals surface area contributed by atoms with Gasteiger partial charge < -0.3 is 15.0 Å². The molecule has 0 bridgehead atoms. The third kappa shape index (κ3) is 3.72. The molecule has 1 heterocycles. The summed E-state index contributed by atoms with van der Waals surface area (Å²) in [6.07, 6.45) is 1.14. The van der Waals surface area contributed by atoms with Gasteiger partial charge in [0.25, 0.3) is 0 Å². The van der Waals surface area contributed by atoms with Gasteiger partial charge in [-0.25, -0.2) is 0 Å². The van der Waals surface area contributed by atoms with Gasteiger partial charge in [-0.05, 0) is 31.6 Å². The molecule has 3 heteroatoms. The Hall–Kier alpha value is -1.06. The van der Waals surface area contributed by atoms with E-state index in [1.54, 1.807) is 0 Å².